The molecule has 2 atom stereocenters. The summed E-state index contributed by atoms with van der Waals surface area (Å²) in [6, 6.07) is 10.5. The number of fused-ring (bicyclic) bond motifs is 1. The van der Waals surface area contributed by atoms with E-state index in [9.17, 15) is 9.59 Å². The Kier molecular flexibility index (Phi) is 6.13. The molecule has 2 aromatic heterocycles. The number of benzene rings is 1. The van der Waals surface area contributed by atoms with Crippen LogP contribution < -0.4 is 10.1 Å². The van der Waals surface area contributed by atoms with Gasteiger partial charge in [0.05, 0.1) is 24.9 Å². The Morgan fingerprint density at radius 2 is 2.06 bits per heavy atom. The Morgan fingerprint density at radius 1 is 1.23 bits per heavy atom. The first-order valence-electron chi connectivity index (χ1n) is 10.1. The first kappa shape index (κ1) is 20.8. The third-order valence-electron chi connectivity index (χ3n) is 5.33. The number of methoxy groups -OCH3 is 1. The van der Waals surface area contributed by atoms with Crippen LogP contribution in [-0.4, -0.2) is 70.4 Å². The molecule has 4 rings (SSSR count). The topological polar surface area (TPSA) is 98.6 Å². The summed E-state index contributed by atoms with van der Waals surface area (Å²) >= 11 is 0. The number of carbonyl (C=O) groups is 2. The molecule has 9 heteroatoms. The van der Waals surface area contributed by atoms with Crippen molar-refractivity contribution in [2.45, 2.75) is 18.6 Å². The standard InChI is InChI=1S/C22H25N5O4/c1-26-18-8-4-3-7-17(18)20(25-26)22(29)27-14-16(31-15-6-5-9-23-13-15)12-19(27)21(28)24-10-11-30-2/h3-9,13,16,19H,10-12,14H2,1-2H3,(H,24,28). The Hall–Kier alpha value is -3.46. The quantitative estimate of drug-likeness (QED) is 0.577. The second-order valence-corrected chi connectivity index (χ2v) is 7.41. The van der Waals surface area contributed by atoms with Gasteiger partial charge in [0.15, 0.2) is 5.69 Å². The maximum absolute atomic E-state index is 13.5. The highest BCUT2D eigenvalue weighted by Crippen LogP contribution is 2.27. The van der Waals surface area contributed by atoms with Gasteiger partial charge in [-0.1, -0.05) is 18.2 Å². The Labute approximate surface area is 180 Å². The molecule has 0 saturated carbocycles. The minimum Gasteiger partial charge on any atom is -0.487 e. The van der Waals surface area contributed by atoms with Gasteiger partial charge in [0, 0.05) is 38.7 Å². The zero-order chi connectivity index (χ0) is 21.8. The zero-order valence-electron chi connectivity index (χ0n) is 17.5. The number of para-hydroxylation sites is 1. The van der Waals surface area contributed by atoms with E-state index >= 15 is 0 Å². The lowest BCUT2D eigenvalue weighted by Gasteiger charge is -2.22. The molecule has 31 heavy (non-hydrogen) atoms. The predicted octanol–water partition coefficient (Wildman–Crippen LogP) is 1.39. The van der Waals surface area contributed by atoms with E-state index in [1.807, 2.05) is 24.3 Å². The summed E-state index contributed by atoms with van der Waals surface area (Å²) in [5.74, 6) is 0.0764. The van der Waals surface area contributed by atoms with E-state index in [0.717, 1.165) is 10.9 Å². The van der Waals surface area contributed by atoms with Crippen molar-refractivity contribution >= 4 is 22.7 Å². The van der Waals surface area contributed by atoms with Crippen LogP contribution in [0.2, 0.25) is 0 Å². The lowest BCUT2D eigenvalue weighted by molar-refractivity contribution is -0.125. The molecule has 2 unspecified atom stereocenters. The largest absolute Gasteiger partial charge is 0.487 e. The van der Waals surface area contributed by atoms with Gasteiger partial charge in [-0.15, -0.1) is 0 Å². The van der Waals surface area contributed by atoms with Gasteiger partial charge in [-0.3, -0.25) is 19.3 Å². The van der Waals surface area contributed by atoms with Gasteiger partial charge in [0.25, 0.3) is 5.91 Å². The summed E-state index contributed by atoms with van der Waals surface area (Å²) in [6.07, 6.45) is 3.32. The van der Waals surface area contributed by atoms with E-state index < -0.39 is 6.04 Å². The highest BCUT2D eigenvalue weighted by Gasteiger charge is 2.42. The van der Waals surface area contributed by atoms with Crippen LogP contribution >= 0.6 is 0 Å². The molecule has 3 aromatic rings. The molecule has 0 bridgehead atoms. The van der Waals surface area contributed by atoms with Crippen LogP contribution in [0.1, 0.15) is 16.9 Å². The second kappa shape index (κ2) is 9.13. The average Bonchev–Trinajstić information content (AvgIpc) is 3.36. The number of nitrogens with zero attached hydrogens (tertiary/aromatic N) is 4. The highest BCUT2D eigenvalue weighted by molar-refractivity contribution is 6.06. The van der Waals surface area contributed by atoms with E-state index in [1.165, 1.54) is 0 Å². The normalized spacial score (nSPS) is 18.3. The predicted molar refractivity (Wildman–Crippen MR) is 114 cm³/mol. The van der Waals surface area contributed by atoms with Gasteiger partial charge in [-0.05, 0) is 18.2 Å². The van der Waals surface area contributed by atoms with Crippen molar-refractivity contribution in [2.75, 3.05) is 26.8 Å². The number of aryl methyl sites for hydroxylation is 1. The molecule has 0 radical (unpaired) electrons. The molecule has 0 aliphatic carbocycles. The van der Waals surface area contributed by atoms with Crippen LogP contribution in [0, 0.1) is 0 Å². The molecule has 1 aliphatic rings. The molecule has 1 N–H and O–H groups in total. The number of likely N-dealkylation sites (tertiary alicyclic amines) is 1. The van der Waals surface area contributed by atoms with Gasteiger partial charge in [-0.25, -0.2) is 0 Å². The maximum atomic E-state index is 13.5. The monoisotopic (exact) mass is 423 g/mol. The van der Waals surface area contributed by atoms with Crippen LogP contribution in [0.3, 0.4) is 0 Å². The smallest absolute Gasteiger partial charge is 0.275 e. The van der Waals surface area contributed by atoms with E-state index in [1.54, 1.807) is 48.3 Å². The second-order valence-electron chi connectivity index (χ2n) is 7.41. The Balaban J connectivity index is 1.59. The molecule has 1 saturated heterocycles. The Morgan fingerprint density at radius 3 is 2.84 bits per heavy atom. The summed E-state index contributed by atoms with van der Waals surface area (Å²) in [5.41, 5.74) is 1.18. The number of aromatic nitrogens is 3. The molecule has 1 aromatic carbocycles. The van der Waals surface area contributed by atoms with Crippen molar-refractivity contribution in [1.29, 1.82) is 0 Å². The SMILES string of the molecule is COCCNC(=O)C1CC(Oc2cccnc2)CN1C(=O)c1nn(C)c2ccccc12. The molecular weight excluding hydrogens is 398 g/mol. The fraction of sp³-hybridized carbons (Fsp3) is 0.364. The van der Waals surface area contributed by atoms with Crippen molar-refractivity contribution in [3.05, 3.63) is 54.5 Å². The molecule has 162 valence electrons. The first-order chi connectivity index (χ1) is 15.1. The fourth-order valence-corrected chi connectivity index (χ4v) is 3.87. The summed E-state index contributed by atoms with van der Waals surface area (Å²) in [6.45, 7) is 1.04. The number of carbonyl (C=O) groups excluding carboxylic acids is 2. The molecule has 1 aliphatic heterocycles. The van der Waals surface area contributed by atoms with Gasteiger partial charge in [-0.2, -0.15) is 5.10 Å². The van der Waals surface area contributed by atoms with Crippen molar-refractivity contribution in [1.82, 2.24) is 25.0 Å². The number of amides is 2. The van der Waals surface area contributed by atoms with Crippen LogP contribution in [0.5, 0.6) is 5.75 Å². The van der Waals surface area contributed by atoms with Crippen molar-refractivity contribution in [2.24, 2.45) is 7.05 Å². The summed E-state index contributed by atoms with van der Waals surface area (Å²) in [7, 11) is 3.37. The van der Waals surface area contributed by atoms with Crippen LogP contribution in [0.25, 0.3) is 10.9 Å². The van der Waals surface area contributed by atoms with Crippen molar-refractivity contribution < 1.29 is 19.1 Å². The van der Waals surface area contributed by atoms with Gasteiger partial charge >= 0.3 is 0 Å². The minimum absolute atomic E-state index is 0.233. The van der Waals surface area contributed by atoms with Gasteiger partial charge < -0.3 is 19.7 Å². The van der Waals surface area contributed by atoms with E-state index in [0.29, 0.717) is 31.0 Å². The summed E-state index contributed by atoms with van der Waals surface area (Å²) in [4.78, 5) is 32.0. The Bertz CT molecular complexity index is 1070. The van der Waals surface area contributed by atoms with Gasteiger partial charge in [0.1, 0.15) is 17.9 Å². The first-order valence-corrected chi connectivity index (χ1v) is 10.1. The maximum Gasteiger partial charge on any atom is 0.275 e. The summed E-state index contributed by atoms with van der Waals surface area (Å²) < 4.78 is 12.7. The average molecular weight is 423 g/mol. The molecule has 9 nitrogen and oxygen atoms in total. The molecule has 1 fully saturated rings. The third-order valence-corrected chi connectivity index (χ3v) is 5.33. The van der Waals surface area contributed by atoms with E-state index in [4.69, 9.17) is 9.47 Å². The zero-order valence-corrected chi connectivity index (χ0v) is 17.5. The third kappa shape index (κ3) is 4.36. The van der Waals surface area contributed by atoms with Crippen LogP contribution in [0.4, 0.5) is 0 Å². The number of ether oxygens (including phenoxy) is 2. The van der Waals surface area contributed by atoms with Crippen LogP contribution in [-0.2, 0) is 16.6 Å². The molecule has 2 amide bonds. The number of nitrogens with one attached hydrogen (secondary N) is 1. The molecular formula is C22H25N5O4. The van der Waals surface area contributed by atoms with Crippen LogP contribution in [0.15, 0.2) is 48.8 Å². The van der Waals surface area contributed by atoms with Gasteiger partial charge in [0.2, 0.25) is 5.91 Å². The number of hydrogen-bond acceptors (Lipinski definition) is 6. The molecule has 3 heterocycles. The van der Waals surface area contributed by atoms with E-state index in [-0.39, 0.29) is 24.5 Å². The lowest BCUT2D eigenvalue weighted by atomic mass is 10.1. The highest BCUT2D eigenvalue weighted by atomic mass is 16.5. The number of rotatable bonds is 7. The van der Waals surface area contributed by atoms with Crippen molar-refractivity contribution in [3.8, 4) is 5.75 Å². The van der Waals surface area contributed by atoms with Crippen molar-refractivity contribution in [3.63, 3.8) is 0 Å². The summed E-state index contributed by atoms with van der Waals surface area (Å²) in [5, 5.41) is 8.03. The number of pyridine rings is 1. The number of hydrogen-bond donors (Lipinski definition) is 1. The minimum atomic E-state index is -0.660. The van der Waals surface area contributed by atoms with E-state index in [2.05, 4.69) is 15.4 Å². The fourth-order valence-electron chi connectivity index (χ4n) is 3.87. The lowest BCUT2D eigenvalue weighted by Crippen LogP contribution is -2.46. The molecule has 0 spiro atoms.